The van der Waals surface area contributed by atoms with E-state index in [4.69, 9.17) is 5.11 Å². The molecular formula is C27H22O2. The Morgan fingerprint density at radius 3 is 2.17 bits per heavy atom. The Bertz CT molecular complexity index is 1320. The minimum atomic E-state index is -0.929. The van der Waals surface area contributed by atoms with Gasteiger partial charge in [-0.3, -0.25) is 0 Å². The van der Waals surface area contributed by atoms with Gasteiger partial charge >= 0.3 is 5.97 Å². The molecule has 0 bridgehead atoms. The minimum absolute atomic E-state index is 0.706. The van der Waals surface area contributed by atoms with E-state index >= 15 is 0 Å². The molecule has 2 nitrogen and oxygen atoms in total. The maximum absolute atomic E-state index is 10.7. The zero-order valence-corrected chi connectivity index (χ0v) is 16.5. The summed E-state index contributed by atoms with van der Waals surface area (Å²) < 4.78 is 0. The van der Waals surface area contributed by atoms with Gasteiger partial charge in [-0.25, -0.2) is 4.79 Å². The monoisotopic (exact) mass is 378 g/mol. The van der Waals surface area contributed by atoms with Crippen molar-refractivity contribution in [3.63, 3.8) is 0 Å². The molecule has 0 amide bonds. The molecule has 0 unspecified atom stereocenters. The van der Waals surface area contributed by atoms with Gasteiger partial charge in [0.15, 0.2) is 0 Å². The van der Waals surface area contributed by atoms with Gasteiger partial charge in [-0.2, -0.15) is 0 Å². The van der Waals surface area contributed by atoms with Crippen LogP contribution in [0.15, 0.2) is 96.1 Å². The van der Waals surface area contributed by atoms with Gasteiger partial charge < -0.3 is 5.11 Å². The summed E-state index contributed by atoms with van der Waals surface area (Å²) in [5, 5.41) is 16.5. The van der Waals surface area contributed by atoms with Crippen molar-refractivity contribution in [2.45, 2.75) is 13.8 Å². The molecule has 29 heavy (non-hydrogen) atoms. The average molecular weight is 378 g/mol. The van der Waals surface area contributed by atoms with E-state index in [1.54, 1.807) is 13.0 Å². The maximum Gasteiger partial charge on any atom is 0.328 e. The van der Waals surface area contributed by atoms with Gasteiger partial charge in [-0.1, -0.05) is 90.6 Å². The van der Waals surface area contributed by atoms with E-state index in [-0.39, 0.29) is 0 Å². The predicted octanol–water partition coefficient (Wildman–Crippen LogP) is 7.13. The Kier molecular flexibility index (Phi) is 5.01. The molecular weight excluding hydrogens is 356 g/mol. The van der Waals surface area contributed by atoms with Crippen LogP contribution in [0.3, 0.4) is 0 Å². The van der Waals surface area contributed by atoms with Gasteiger partial charge in [0.05, 0.1) is 0 Å². The van der Waals surface area contributed by atoms with Crippen LogP contribution < -0.4 is 0 Å². The third kappa shape index (κ3) is 3.83. The smallest absolute Gasteiger partial charge is 0.328 e. The van der Waals surface area contributed by atoms with Crippen molar-refractivity contribution in [3.8, 4) is 0 Å². The largest absolute Gasteiger partial charge is 0.478 e. The summed E-state index contributed by atoms with van der Waals surface area (Å²) in [6.45, 7) is 3.81. The summed E-state index contributed by atoms with van der Waals surface area (Å²) in [6.07, 6.45) is 11.1. The molecule has 0 radical (unpaired) electrons. The second-order valence-corrected chi connectivity index (χ2v) is 7.34. The Balaban J connectivity index is 1.70. The Labute approximate surface area is 170 Å². The lowest BCUT2D eigenvalue weighted by Gasteiger charge is -2.12. The van der Waals surface area contributed by atoms with Crippen molar-refractivity contribution in [3.05, 3.63) is 102 Å². The van der Waals surface area contributed by atoms with Gasteiger partial charge in [0.2, 0.25) is 0 Å². The standard InChI is InChI=1S/C27H22O2/c1-18(5-3-6-19(2)17-25(28)29)9-10-20-11-12-23-14-13-21-7-4-8-22-15-16-24(20)27(23)26(21)22/h3-17H,1-2H3,(H,28,29)/b6-3+,10-9+,18-5+,19-17+. The average Bonchev–Trinajstić information content (AvgIpc) is 2.70. The topological polar surface area (TPSA) is 37.3 Å². The highest BCUT2D eigenvalue weighted by molar-refractivity contribution is 6.24. The van der Waals surface area contributed by atoms with E-state index in [9.17, 15) is 4.79 Å². The first-order valence-corrected chi connectivity index (χ1v) is 9.64. The van der Waals surface area contributed by atoms with E-state index in [1.165, 1.54) is 44.0 Å². The van der Waals surface area contributed by atoms with Crippen molar-refractivity contribution < 1.29 is 9.90 Å². The van der Waals surface area contributed by atoms with Gasteiger partial charge in [0, 0.05) is 6.08 Å². The SMILES string of the molecule is CC(/C=C/c1ccc2ccc3cccc4ccc1c2c34)=C\C=C\C(C)=C\C(=O)O. The summed E-state index contributed by atoms with van der Waals surface area (Å²) in [6, 6.07) is 19.6. The highest BCUT2D eigenvalue weighted by Crippen LogP contribution is 2.36. The van der Waals surface area contributed by atoms with Crippen molar-refractivity contribution >= 4 is 44.4 Å². The Morgan fingerprint density at radius 1 is 0.793 bits per heavy atom. The van der Waals surface area contributed by atoms with Crippen LogP contribution in [0.2, 0.25) is 0 Å². The molecule has 0 aromatic heterocycles. The van der Waals surface area contributed by atoms with Gasteiger partial charge in [0.25, 0.3) is 0 Å². The predicted molar refractivity (Wildman–Crippen MR) is 123 cm³/mol. The molecule has 2 heteroatoms. The van der Waals surface area contributed by atoms with Crippen LogP contribution in [-0.2, 0) is 4.79 Å². The van der Waals surface area contributed by atoms with Crippen LogP contribution in [0.1, 0.15) is 19.4 Å². The number of carboxylic acid groups (broad SMARTS) is 1. The highest BCUT2D eigenvalue weighted by atomic mass is 16.4. The molecule has 0 spiro atoms. The van der Waals surface area contributed by atoms with Crippen LogP contribution in [0, 0.1) is 0 Å². The molecule has 0 aliphatic heterocycles. The maximum atomic E-state index is 10.7. The molecule has 4 rings (SSSR count). The van der Waals surface area contributed by atoms with Crippen molar-refractivity contribution in [1.29, 1.82) is 0 Å². The van der Waals surface area contributed by atoms with Gasteiger partial charge in [0.1, 0.15) is 0 Å². The summed E-state index contributed by atoms with van der Waals surface area (Å²) in [5.74, 6) is -0.929. The molecule has 4 aromatic rings. The number of carbonyl (C=O) groups is 1. The quantitative estimate of drug-likeness (QED) is 0.228. The fraction of sp³-hybridized carbons (Fsp3) is 0.0741. The number of carboxylic acids is 1. The lowest BCUT2D eigenvalue weighted by Crippen LogP contribution is -1.87. The lowest BCUT2D eigenvalue weighted by atomic mass is 9.92. The molecule has 0 heterocycles. The first-order valence-electron chi connectivity index (χ1n) is 9.64. The number of rotatable bonds is 5. The first kappa shape index (κ1) is 18.7. The molecule has 0 saturated carbocycles. The first-order chi connectivity index (χ1) is 14.0. The summed E-state index contributed by atoms with van der Waals surface area (Å²) in [7, 11) is 0. The summed E-state index contributed by atoms with van der Waals surface area (Å²) >= 11 is 0. The molecule has 0 aliphatic rings. The molecule has 4 aromatic carbocycles. The second-order valence-electron chi connectivity index (χ2n) is 7.34. The zero-order chi connectivity index (χ0) is 20.4. The van der Waals surface area contributed by atoms with Crippen LogP contribution in [-0.4, -0.2) is 11.1 Å². The zero-order valence-electron chi connectivity index (χ0n) is 16.5. The third-order valence-electron chi connectivity index (χ3n) is 5.16. The summed E-state index contributed by atoms with van der Waals surface area (Å²) in [4.78, 5) is 10.7. The molecule has 0 aliphatic carbocycles. The number of allylic oxidation sites excluding steroid dienone is 6. The number of benzene rings is 4. The number of aliphatic carboxylic acids is 1. The van der Waals surface area contributed by atoms with Crippen molar-refractivity contribution in [2.75, 3.05) is 0 Å². The molecule has 1 N–H and O–H groups in total. The van der Waals surface area contributed by atoms with Crippen molar-refractivity contribution in [2.24, 2.45) is 0 Å². The van der Waals surface area contributed by atoms with E-state index < -0.39 is 5.97 Å². The second kappa shape index (κ2) is 7.76. The van der Waals surface area contributed by atoms with Crippen LogP contribution >= 0.6 is 0 Å². The Morgan fingerprint density at radius 2 is 1.45 bits per heavy atom. The number of hydrogen-bond donors (Lipinski definition) is 1. The van der Waals surface area contributed by atoms with Gasteiger partial charge in [-0.05, 0) is 57.3 Å². The molecule has 0 fully saturated rings. The third-order valence-corrected chi connectivity index (χ3v) is 5.16. The van der Waals surface area contributed by atoms with Crippen LogP contribution in [0.5, 0.6) is 0 Å². The lowest BCUT2D eigenvalue weighted by molar-refractivity contribution is -0.131. The van der Waals surface area contributed by atoms with E-state index in [0.717, 1.165) is 5.57 Å². The van der Waals surface area contributed by atoms with Crippen molar-refractivity contribution in [1.82, 2.24) is 0 Å². The minimum Gasteiger partial charge on any atom is -0.478 e. The fourth-order valence-corrected chi connectivity index (χ4v) is 3.77. The molecule has 0 saturated heterocycles. The summed E-state index contributed by atoms with van der Waals surface area (Å²) in [5.41, 5.74) is 2.99. The van der Waals surface area contributed by atoms with E-state index in [1.807, 2.05) is 19.1 Å². The van der Waals surface area contributed by atoms with Gasteiger partial charge in [-0.15, -0.1) is 0 Å². The fourth-order valence-electron chi connectivity index (χ4n) is 3.77. The Hall–Kier alpha value is -3.65. The highest BCUT2D eigenvalue weighted by Gasteiger charge is 2.09. The normalized spacial score (nSPS) is 13.6. The van der Waals surface area contributed by atoms with E-state index in [0.29, 0.717) is 5.57 Å². The number of hydrogen-bond acceptors (Lipinski definition) is 1. The van der Waals surface area contributed by atoms with Crippen LogP contribution in [0.25, 0.3) is 38.4 Å². The molecule has 142 valence electrons. The van der Waals surface area contributed by atoms with E-state index in [2.05, 4.69) is 66.7 Å². The molecule has 0 atom stereocenters. The van der Waals surface area contributed by atoms with Crippen LogP contribution in [0.4, 0.5) is 0 Å².